The van der Waals surface area contributed by atoms with Crippen LogP contribution in [0.3, 0.4) is 0 Å². The summed E-state index contributed by atoms with van der Waals surface area (Å²) in [4.78, 5) is 18.4. The molecule has 0 atom stereocenters. The lowest BCUT2D eigenvalue weighted by Crippen LogP contribution is -2.14. The van der Waals surface area contributed by atoms with Crippen LogP contribution in [0.1, 0.15) is 11.3 Å². The molecule has 0 bridgehead atoms. The highest BCUT2D eigenvalue weighted by molar-refractivity contribution is 5.60. The van der Waals surface area contributed by atoms with Crippen LogP contribution in [0.15, 0.2) is 12.4 Å². The first kappa shape index (κ1) is 13.7. The molecule has 0 saturated carbocycles. The first-order valence-corrected chi connectivity index (χ1v) is 5.72. The molecule has 10 nitrogen and oxygen atoms in total. The standard InChI is InChI=1S/C10H14N8O2/c1-6-8(18(19)20)9(15-10(14-6)16-11)12-3-7-4-13-17(2)5-7/h4-5H,3,11H2,1-2H3,(H2,12,14,15,16). The predicted octanol–water partition coefficient (Wildman–Crippen LogP) is 0.324. The van der Waals surface area contributed by atoms with Gasteiger partial charge in [0.2, 0.25) is 11.8 Å². The van der Waals surface area contributed by atoms with Crippen LogP contribution in [0.5, 0.6) is 0 Å². The van der Waals surface area contributed by atoms with E-state index in [1.807, 2.05) is 0 Å². The SMILES string of the molecule is Cc1nc(NN)nc(NCc2cnn(C)c2)c1[N+](=O)[O-]. The Morgan fingerprint density at radius 1 is 1.50 bits per heavy atom. The molecule has 0 aliphatic heterocycles. The third-order valence-electron chi connectivity index (χ3n) is 2.59. The van der Waals surface area contributed by atoms with Crippen molar-refractivity contribution in [3.05, 3.63) is 33.8 Å². The van der Waals surface area contributed by atoms with Gasteiger partial charge < -0.3 is 5.32 Å². The summed E-state index contributed by atoms with van der Waals surface area (Å²) in [6.45, 7) is 1.88. The van der Waals surface area contributed by atoms with Gasteiger partial charge in [-0.1, -0.05) is 0 Å². The van der Waals surface area contributed by atoms with Crippen molar-refractivity contribution in [3.63, 3.8) is 0 Å². The Labute approximate surface area is 114 Å². The minimum Gasteiger partial charge on any atom is -0.360 e. The molecule has 0 aliphatic rings. The molecule has 20 heavy (non-hydrogen) atoms. The molecule has 106 valence electrons. The summed E-state index contributed by atoms with van der Waals surface area (Å²) in [5.41, 5.74) is 3.21. The van der Waals surface area contributed by atoms with Gasteiger partial charge in [0.05, 0.1) is 11.1 Å². The van der Waals surface area contributed by atoms with E-state index in [9.17, 15) is 10.1 Å². The number of nitrogen functional groups attached to an aromatic ring is 1. The second kappa shape index (κ2) is 5.48. The summed E-state index contributed by atoms with van der Waals surface area (Å²) in [6.07, 6.45) is 3.46. The van der Waals surface area contributed by atoms with Crippen molar-refractivity contribution in [2.75, 3.05) is 10.7 Å². The van der Waals surface area contributed by atoms with E-state index >= 15 is 0 Å². The Morgan fingerprint density at radius 2 is 2.25 bits per heavy atom. The van der Waals surface area contributed by atoms with Gasteiger partial charge in [0.15, 0.2) is 0 Å². The first-order chi connectivity index (χ1) is 9.51. The normalized spacial score (nSPS) is 10.3. The number of anilines is 2. The Kier molecular flexibility index (Phi) is 3.75. The quantitative estimate of drug-likeness (QED) is 0.404. The Morgan fingerprint density at radius 3 is 2.80 bits per heavy atom. The van der Waals surface area contributed by atoms with Crippen molar-refractivity contribution in [3.8, 4) is 0 Å². The fourth-order valence-corrected chi connectivity index (χ4v) is 1.72. The molecule has 0 aliphatic carbocycles. The molecule has 0 saturated heterocycles. The molecule has 2 aromatic rings. The first-order valence-electron chi connectivity index (χ1n) is 5.72. The molecule has 10 heteroatoms. The lowest BCUT2D eigenvalue weighted by atomic mass is 10.3. The van der Waals surface area contributed by atoms with Crippen LogP contribution in [0.4, 0.5) is 17.5 Å². The highest BCUT2D eigenvalue weighted by Crippen LogP contribution is 2.26. The molecule has 0 unspecified atom stereocenters. The Balaban J connectivity index is 2.28. The van der Waals surface area contributed by atoms with Crippen molar-refractivity contribution < 1.29 is 4.92 Å². The number of aryl methyl sites for hydroxylation is 2. The molecular weight excluding hydrogens is 264 g/mol. The topological polar surface area (TPSA) is 137 Å². The number of aromatic nitrogens is 4. The van der Waals surface area contributed by atoms with Crippen LogP contribution in [-0.4, -0.2) is 24.7 Å². The number of rotatable bonds is 5. The van der Waals surface area contributed by atoms with Gasteiger partial charge in [-0.05, 0) is 6.92 Å². The summed E-state index contributed by atoms with van der Waals surface area (Å²) < 4.78 is 1.64. The fourth-order valence-electron chi connectivity index (χ4n) is 1.72. The Bertz CT molecular complexity index is 638. The number of nitrogens with two attached hydrogens (primary N) is 1. The van der Waals surface area contributed by atoms with Gasteiger partial charge in [-0.15, -0.1) is 0 Å². The summed E-state index contributed by atoms with van der Waals surface area (Å²) in [5, 5.41) is 18.0. The summed E-state index contributed by atoms with van der Waals surface area (Å²) in [5.74, 6) is 5.46. The van der Waals surface area contributed by atoms with E-state index in [-0.39, 0.29) is 23.1 Å². The molecule has 2 rings (SSSR count). The van der Waals surface area contributed by atoms with Crippen molar-refractivity contribution in [2.45, 2.75) is 13.5 Å². The zero-order valence-corrected chi connectivity index (χ0v) is 11.0. The largest absolute Gasteiger partial charge is 0.360 e. The van der Waals surface area contributed by atoms with Crippen LogP contribution in [-0.2, 0) is 13.6 Å². The van der Waals surface area contributed by atoms with Crippen molar-refractivity contribution >= 4 is 17.5 Å². The van der Waals surface area contributed by atoms with Gasteiger partial charge >= 0.3 is 5.69 Å². The van der Waals surface area contributed by atoms with Crippen LogP contribution in [0, 0.1) is 17.0 Å². The van der Waals surface area contributed by atoms with E-state index in [0.29, 0.717) is 6.54 Å². The monoisotopic (exact) mass is 278 g/mol. The number of hydrogen-bond acceptors (Lipinski definition) is 8. The molecule has 2 heterocycles. The summed E-state index contributed by atoms with van der Waals surface area (Å²) >= 11 is 0. The number of hydrogen-bond donors (Lipinski definition) is 3. The van der Waals surface area contributed by atoms with Crippen LogP contribution in [0.25, 0.3) is 0 Å². The van der Waals surface area contributed by atoms with E-state index in [4.69, 9.17) is 5.84 Å². The lowest BCUT2D eigenvalue weighted by molar-refractivity contribution is -0.385. The third-order valence-corrected chi connectivity index (χ3v) is 2.59. The van der Waals surface area contributed by atoms with Gasteiger partial charge in [-0.3, -0.25) is 20.2 Å². The second-order valence-corrected chi connectivity index (χ2v) is 4.11. The second-order valence-electron chi connectivity index (χ2n) is 4.11. The fraction of sp³-hybridized carbons (Fsp3) is 0.300. The minimum absolute atomic E-state index is 0.110. The van der Waals surface area contributed by atoms with E-state index in [0.717, 1.165) is 5.56 Å². The van der Waals surface area contributed by atoms with Crippen molar-refractivity contribution in [1.29, 1.82) is 0 Å². The smallest absolute Gasteiger partial charge is 0.332 e. The van der Waals surface area contributed by atoms with E-state index < -0.39 is 4.92 Å². The van der Waals surface area contributed by atoms with Crippen molar-refractivity contribution in [1.82, 2.24) is 19.7 Å². The lowest BCUT2D eigenvalue weighted by Gasteiger charge is -2.08. The van der Waals surface area contributed by atoms with Gasteiger partial charge in [0, 0.05) is 25.4 Å². The number of nitro groups is 1. The maximum absolute atomic E-state index is 11.1. The summed E-state index contributed by atoms with van der Waals surface area (Å²) in [6, 6.07) is 0. The van der Waals surface area contributed by atoms with Crippen molar-refractivity contribution in [2.24, 2.45) is 12.9 Å². The van der Waals surface area contributed by atoms with Gasteiger partial charge in [-0.2, -0.15) is 10.1 Å². The van der Waals surface area contributed by atoms with Gasteiger partial charge in [-0.25, -0.2) is 10.8 Å². The van der Waals surface area contributed by atoms with Gasteiger partial charge in [0.25, 0.3) is 0 Å². The Hall–Kier alpha value is -2.75. The molecule has 0 spiro atoms. The van der Waals surface area contributed by atoms with E-state index in [1.165, 1.54) is 6.92 Å². The van der Waals surface area contributed by atoms with E-state index in [1.54, 1.807) is 24.1 Å². The number of nitrogens with one attached hydrogen (secondary N) is 2. The van der Waals surface area contributed by atoms with Crippen LogP contribution >= 0.6 is 0 Å². The average molecular weight is 278 g/mol. The third kappa shape index (κ3) is 2.80. The predicted molar refractivity (Wildman–Crippen MR) is 71.8 cm³/mol. The maximum Gasteiger partial charge on any atom is 0.332 e. The molecule has 4 N–H and O–H groups in total. The molecule has 0 radical (unpaired) electrons. The van der Waals surface area contributed by atoms with Gasteiger partial charge in [0.1, 0.15) is 5.69 Å². The molecular formula is C10H14N8O2. The molecule has 2 aromatic heterocycles. The zero-order valence-electron chi connectivity index (χ0n) is 11.0. The highest BCUT2D eigenvalue weighted by atomic mass is 16.6. The van der Waals surface area contributed by atoms with Crippen LogP contribution < -0.4 is 16.6 Å². The maximum atomic E-state index is 11.1. The van der Waals surface area contributed by atoms with Crippen LogP contribution in [0.2, 0.25) is 0 Å². The average Bonchev–Trinajstić information content (AvgIpc) is 2.81. The number of hydrazine groups is 1. The van der Waals surface area contributed by atoms with E-state index in [2.05, 4.69) is 25.8 Å². The molecule has 0 aromatic carbocycles. The summed E-state index contributed by atoms with van der Waals surface area (Å²) in [7, 11) is 1.79. The molecule has 0 fully saturated rings. The number of nitrogens with zero attached hydrogens (tertiary/aromatic N) is 5. The minimum atomic E-state index is -0.527. The zero-order chi connectivity index (χ0) is 14.7. The molecule has 0 amide bonds. The highest BCUT2D eigenvalue weighted by Gasteiger charge is 2.21.